The first-order chi connectivity index (χ1) is 23.8. The van der Waals surface area contributed by atoms with Crippen molar-refractivity contribution >= 4 is 32.6 Å². The van der Waals surface area contributed by atoms with Crippen LogP contribution < -0.4 is 0 Å². The van der Waals surface area contributed by atoms with Gasteiger partial charge in [0.25, 0.3) is 0 Å². The Kier molecular flexibility index (Phi) is 6.80. The molecule has 7 aromatic carbocycles. The van der Waals surface area contributed by atoms with Crippen molar-refractivity contribution in [1.82, 2.24) is 15.0 Å². The molecular weight excluding hydrogens is 583 g/mol. The quantitative estimate of drug-likeness (QED) is 0.182. The molecule has 0 saturated heterocycles. The van der Waals surface area contributed by atoms with Crippen LogP contribution in [0.2, 0.25) is 0 Å². The molecule has 9 rings (SSSR count). The summed E-state index contributed by atoms with van der Waals surface area (Å²) in [6, 6.07) is 59.3. The highest BCUT2D eigenvalue weighted by Crippen LogP contribution is 2.44. The van der Waals surface area contributed by atoms with Gasteiger partial charge in [0.1, 0.15) is 0 Å². The van der Waals surface area contributed by atoms with Gasteiger partial charge in [-0.2, -0.15) is 0 Å². The first kappa shape index (κ1) is 27.8. The molecule has 0 aliphatic carbocycles. The van der Waals surface area contributed by atoms with E-state index in [0.29, 0.717) is 0 Å². The summed E-state index contributed by atoms with van der Waals surface area (Å²) in [5.41, 5.74) is 12.4. The molecule has 3 nitrogen and oxygen atoms in total. The van der Waals surface area contributed by atoms with Gasteiger partial charge in [0.05, 0.1) is 28.1 Å². The number of rotatable bonds is 5. The number of hydrogen-bond acceptors (Lipinski definition) is 3. The third kappa shape index (κ3) is 4.81. The van der Waals surface area contributed by atoms with Crippen LogP contribution in [0.25, 0.3) is 88.6 Å². The minimum atomic E-state index is 0.878. The van der Waals surface area contributed by atoms with Gasteiger partial charge >= 0.3 is 0 Å². The Morgan fingerprint density at radius 2 is 0.688 bits per heavy atom. The summed E-state index contributed by atoms with van der Waals surface area (Å²) in [7, 11) is 0. The highest BCUT2D eigenvalue weighted by atomic mass is 14.8. The Morgan fingerprint density at radius 3 is 1.19 bits per heavy atom. The molecule has 48 heavy (non-hydrogen) atoms. The van der Waals surface area contributed by atoms with E-state index in [1.54, 1.807) is 0 Å². The Morgan fingerprint density at radius 1 is 0.292 bits per heavy atom. The zero-order valence-corrected chi connectivity index (χ0v) is 26.1. The molecule has 224 valence electrons. The highest BCUT2D eigenvalue weighted by Gasteiger charge is 2.18. The maximum Gasteiger partial charge on any atom is 0.0973 e. The van der Waals surface area contributed by atoms with Crippen molar-refractivity contribution in [3.05, 3.63) is 176 Å². The van der Waals surface area contributed by atoms with Crippen LogP contribution in [-0.4, -0.2) is 15.0 Å². The molecule has 0 N–H and O–H groups in total. The molecule has 3 heteroatoms. The average molecular weight is 612 g/mol. The van der Waals surface area contributed by atoms with Gasteiger partial charge < -0.3 is 0 Å². The second-order valence-corrected chi connectivity index (χ2v) is 12.0. The molecule has 0 aliphatic rings. The Hall–Kier alpha value is -6.45. The predicted octanol–water partition coefficient (Wildman–Crippen LogP) is 11.7. The lowest BCUT2D eigenvalue weighted by Gasteiger charge is -2.18. The molecule has 0 bridgehead atoms. The van der Waals surface area contributed by atoms with Gasteiger partial charge in [-0.05, 0) is 56.4 Å². The van der Waals surface area contributed by atoms with E-state index in [1.807, 2.05) is 54.7 Å². The second-order valence-electron chi connectivity index (χ2n) is 12.0. The third-order valence-electron chi connectivity index (χ3n) is 9.12. The largest absolute Gasteiger partial charge is 0.256 e. The summed E-state index contributed by atoms with van der Waals surface area (Å²) in [6.07, 6.45) is 2.01. The van der Waals surface area contributed by atoms with E-state index >= 15 is 0 Å². The predicted molar refractivity (Wildman–Crippen MR) is 200 cm³/mol. The first-order valence-electron chi connectivity index (χ1n) is 16.2. The minimum absolute atomic E-state index is 0.878. The summed E-state index contributed by atoms with van der Waals surface area (Å²) >= 11 is 0. The number of para-hydroxylation sites is 2. The zero-order valence-electron chi connectivity index (χ0n) is 26.1. The van der Waals surface area contributed by atoms with Gasteiger partial charge in [0.15, 0.2) is 0 Å². The van der Waals surface area contributed by atoms with E-state index in [0.717, 1.165) is 55.9 Å². The van der Waals surface area contributed by atoms with Crippen LogP contribution in [-0.2, 0) is 0 Å². The lowest BCUT2D eigenvalue weighted by atomic mass is 9.86. The highest BCUT2D eigenvalue weighted by molar-refractivity contribution is 6.21. The molecule has 0 fully saturated rings. The smallest absolute Gasteiger partial charge is 0.0973 e. The molecule has 0 aliphatic heterocycles. The Labute approximate surface area is 278 Å². The summed E-state index contributed by atoms with van der Waals surface area (Å²) in [5, 5.41) is 4.83. The first-order valence-corrected chi connectivity index (χ1v) is 16.2. The van der Waals surface area contributed by atoms with Gasteiger partial charge in [0.2, 0.25) is 0 Å². The fraction of sp³-hybridized carbons (Fsp3) is 0. The van der Waals surface area contributed by atoms with Crippen molar-refractivity contribution in [2.45, 2.75) is 0 Å². The van der Waals surface area contributed by atoms with E-state index in [4.69, 9.17) is 15.0 Å². The Balaban J connectivity index is 1.20. The van der Waals surface area contributed by atoms with Gasteiger partial charge in [-0.1, -0.05) is 152 Å². The summed E-state index contributed by atoms with van der Waals surface area (Å²) < 4.78 is 0. The van der Waals surface area contributed by atoms with Gasteiger partial charge in [0, 0.05) is 28.5 Å². The van der Waals surface area contributed by atoms with E-state index in [-0.39, 0.29) is 0 Å². The van der Waals surface area contributed by atoms with Gasteiger partial charge in [-0.3, -0.25) is 4.98 Å². The van der Waals surface area contributed by atoms with Gasteiger partial charge in [-0.25, -0.2) is 9.97 Å². The van der Waals surface area contributed by atoms with Crippen LogP contribution in [0, 0.1) is 0 Å². The Bertz CT molecular complexity index is 2520. The lowest BCUT2D eigenvalue weighted by molar-refractivity contribution is 1.29. The van der Waals surface area contributed by atoms with E-state index in [2.05, 4.69) is 121 Å². The van der Waals surface area contributed by atoms with E-state index in [1.165, 1.54) is 32.7 Å². The minimum Gasteiger partial charge on any atom is -0.256 e. The lowest BCUT2D eigenvalue weighted by Crippen LogP contribution is -1.95. The molecule has 0 atom stereocenters. The van der Waals surface area contributed by atoms with Gasteiger partial charge in [-0.15, -0.1) is 0 Å². The second kappa shape index (κ2) is 11.7. The summed E-state index contributed by atoms with van der Waals surface area (Å²) in [4.78, 5) is 15.1. The van der Waals surface area contributed by atoms with Crippen LogP contribution in [0.1, 0.15) is 0 Å². The van der Waals surface area contributed by atoms with Crippen molar-refractivity contribution in [3.63, 3.8) is 0 Å². The maximum absolute atomic E-state index is 5.13. The fourth-order valence-electron chi connectivity index (χ4n) is 6.87. The number of nitrogens with zero attached hydrogens (tertiary/aromatic N) is 3. The van der Waals surface area contributed by atoms with Crippen molar-refractivity contribution in [2.75, 3.05) is 0 Å². The van der Waals surface area contributed by atoms with Crippen LogP contribution >= 0.6 is 0 Å². The molecule has 0 spiro atoms. The fourth-order valence-corrected chi connectivity index (χ4v) is 6.87. The third-order valence-corrected chi connectivity index (χ3v) is 9.12. The topological polar surface area (TPSA) is 38.7 Å². The standard InChI is InChI=1S/C45H29N3/c1-3-13-30(14-4-1)39-28-27-34(29-46-39)43-37-19-9-7-17-35(37)42(36-18-8-10-20-38(36)43)31-23-25-33(26-24-31)45-44(32-15-5-2-6-16-32)47-40-21-11-12-22-41(40)48-45/h1-29H. The molecule has 9 aromatic rings. The number of benzene rings is 7. The number of aromatic nitrogens is 3. The maximum atomic E-state index is 5.13. The van der Waals surface area contributed by atoms with Crippen molar-refractivity contribution in [1.29, 1.82) is 0 Å². The van der Waals surface area contributed by atoms with Crippen LogP contribution in [0.5, 0.6) is 0 Å². The van der Waals surface area contributed by atoms with Crippen molar-refractivity contribution < 1.29 is 0 Å². The molecule has 0 unspecified atom stereocenters. The molecule has 0 saturated carbocycles. The average Bonchev–Trinajstić information content (AvgIpc) is 3.17. The number of hydrogen-bond donors (Lipinski definition) is 0. The van der Waals surface area contributed by atoms with E-state index in [9.17, 15) is 0 Å². The summed E-state index contributed by atoms with van der Waals surface area (Å²) in [5.74, 6) is 0. The van der Waals surface area contributed by atoms with E-state index < -0.39 is 0 Å². The molecule has 0 radical (unpaired) electrons. The summed E-state index contributed by atoms with van der Waals surface area (Å²) in [6.45, 7) is 0. The van der Waals surface area contributed by atoms with Crippen LogP contribution in [0.3, 0.4) is 0 Å². The molecule has 2 aromatic heterocycles. The molecular formula is C45H29N3. The van der Waals surface area contributed by atoms with Crippen molar-refractivity contribution in [3.8, 4) is 56.0 Å². The number of pyridine rings is 1. The van der Waals surface area contributed by atoms with Crippen molar-refractivity contribution in [2.24, 2.45) is 0 Å². The van der Waals surface area contributed by atoms with Crippen LogP contribution in [0.15, 0.2) is 176 Å². The molecule has 0 amide bonds. The number of fused-ring (bicyclic) bond motifs is 3. The van der Waals surface area contributed by atoms with Crippen LogP contribution in [0.4, 0.5) is 0 Å². The normalized spacial score (nSPS) is 11.3. The molecule has 2 heterocycles. The monoisotopic (exact) mass is 611 g/mol. The SMILES string of the molecule is c1ccc(-c2ccc(-c3c4ccccc4c(-c4ccc(-c5nc6ccccc6nc5-c5ccccc5)cc4)c4ccccc34)cn2)cc1. The zero-order chi connectivity index (χ0) is 31.9.